The summed E-state index contributed by atoms with van der Waals surface area (Å²) in [5.41, 5.74) is 6.05. The molecule has 1 aromatic carbocycles. The standard InChI is InChI=1S/C24H30N4O6/c1-2-20(30)27-11-6-9-18(27)22(31)26-17(13-15-7-4-3-5-8-15)23(32)28-12-10-16(14-19(25)29)21(28)24(33)34/h2-5,7-8,16-18,21H,1,6,9-14H2,(H2,25,29)(H,26,31)(H,33,34)/t16-,17-,18-,21-/m0/s1. The van der Waals surface area contributed by atoms with Gasteiger partial charge in [0.1, 0.15) is 18.1 Å². The molecular formula is C24H30N4O6. The van der Waals surface area contributed by atoms with Gasteiger partial charge in [-0.1, -0.05) is 36.9 Å². The Kier molecular flexibility index (Phi) is 8.04. The van der Waals surface area contributed by atoms with E-state index in [-0.39, 0.29) is 25.3 Å². The number of amides is 4. The summed E-state index contributed by atoms with van der Waals surface area (Å²) in [7, 11) is 0. The minimum atomic E-state index is -1.22. The molecular weight excluding hydrogens is 440 g/mol. The number of nitrogens with one attached hydrogen (secondary N) is 1. The number of hydrogen-bond donors (Lipinski definition) is 3. The third-order valence-electron chi connectivity index (χ3n) is 6.43. The van der Waals surface area contributed by atoms with E-state index in [2.05, 4.69) is 11.9 Å². The molecule has 0 aromatic heterocycles. The van der Waals surface area contributed by atoms with Crippen LogP contribution in [0.1, 0.15) is 31.2 Å². The van der Waals surface area contributed by atoms with Crippen LogP contribution in [0.25, 0.3) is 0 Å². The number of nitrogens with two attached hydrogens (primary N) is 1. The van der Waals surface area contributed by atoms with Gasteiger partial charge in [-0.3, -0.25) is 19.2 Å². The van der Waals surface area contributed by atoms with Crippen molar-refractivity contribution in [2.45, 2.75) is 50.2 Å². The molecule has 1 aromatic rings. The van der Waals surface area contributed by atoms with Crippen molar-refractivity contribution in [1.82, 2.24) is 15.1 Å². The molecule has 0 saturated carbocycles. The quantitative estimate of drug-likeness (QED) is 0.435. The zero-order valence-electron chi connectivity index (χ0n) is 18.9. The molecule has 2 heterocycles. The van der Waals surface area contributed by atoms with Gasteiger partial charge in [0.25, 0.3) is 0 Å². The van der Waals surface area contributed by atoms with Crippen LogP contribution in [0.15, 0.2) is 43.0 Å². The van der Waals surface area contributed by atoms with Gasteiger partial charge in [0.05, 0.1) is 0 Å². The first-order chi connectivity index (χ1) is 16.2. The molecule has 0 aliphatic carbocycles. The molecule has 4 atom stereocenters. The number of nitrogens with zero attached hydrogens (tertiary/aromatic N) is 2. The van der Waals surface area contributed by atoms with E-state index in [0.717, 1.165) is 11.6 Å². The Balaban J connectivity index is 1.84. The summed E-state index contributed by atoms with van der Waals surface area (Å²) in [6.07, 6.45) is 2.59. The molecule has 4 amide bonds. The number of benzene rings is 1. The SMILES string of the molecule is C=CC(=O)N1CCC[C@H]1C(=O)N[C@@H](Cc1ccccc1)C(=O)N1CC[C@@H](CC(N)=O)[C@H]1C(=O)O. The van der Waals surface area contributed by atoms with E-state index in [9.17, 15) is 29.1 Å². The number of rotatable bonds is 9. The zero-order valence-corrected chi connectivity index (χ0v) is 18.9. The van der Waals surface area contributed by atoms with Gasteiger partial charge in [0.15, 0.2) is 0 Å². The minimum absolute atomic E-state index is 0.138. The second-order valence-corrected chi connectivity index (χ2v) is 8.68. The highest BCUT2D eigenvalue weighted by atomic mass is 16.4. The maximum absolute atomic E-state index is 13.6. The van der Waals surface area contributed by atoms with Crippen molar-refractivity contribution in [2.75, 3.05) is 13.1 Å². The number of carboxylic acid groups (broad SMARTS) is 1. The van der Waals surface area contributed by atoms with Crippen LogP contribution in [0.4, 0.5) is 0 Å². The zero-order chi connectivity index (χ0) is 24.8. The third-order valence-corrected chi connectivity index (χ3v) is 6.43. The topological polar surface area (TPSA) is 150 Å². The number of primary amides is 1. The summed E-state index contributed by atoms with van der Waals surface area (Å²) >= 11 is 0. The largest absolute Gasteiger partial charge is 0.480 e. The second kappa shape index (κ2) is 11.0. The van der Waals surface area contributed by atoms with Crippen molar-refractivity contribution in [3.05, 3.63) is 48.6 Å². The van der Waals surface area contributed by atoms with Gasteiger partial charge in [-0.05, 0) is 30.9 Å². The first kappa shape index (κ1) is 24.9. The van der Waals surface area contributed by atoms with Crippen LogP contribution in [-0.2, 0) is 30.4 Å². The Bertz CT molecular complexity index is 965. The van der Waals surface area contributed by atoms with Gasteiger partial charge in [-0.25, -0.2) is 4.79 Å². The molecule has 0 spiro atoms. The highest BCUT2D eigenvalue weighted by Crippen LogP contribution is 2.28. The Labute approximate surface area is 197 Å². The molecule has 4 N–H and O–H groups in total. The molecule has 10 nitrogen and oxygen atoms in total. The number of carbonyl (C=O) groups excluding carboxylic acids is 4. The van der Waals surface area contributed by atoms with E-state index in [1.807, 2.05) is 18.2 Å². The van der Waals surface area contributed by atoms with Crippen molar-refractivity contribution in [3.8, 4) is 0 Å². The van der Waals surface area contributed by atoms with Crippen molar-refractivity contribution in [1.29, 1.82) is 0 Å². The highest BCUT2D eigenvalue weighted by Gasteiger charge is 2.45. The average molecular weight is 471 g/mol. The summed E-state index contributed by atoms with van der Waals surface area (Å²) in [6.45, 7) is 4.03. The van der Waals surface area contributed by atoms with Crippen LogP contribution in [0.2, 0.25) is 0 Å². The lowest BCUT2D eigenvalue weighted by Gasteiger charge is -2.30. The molecule has 2 aliphatic heterocycles. The van der Waals surface area contributed by atoms with E-state index in [1.54, 1.807) is 12.1 Å². The summed E-state index contributed by atoms with van der Waals surface area (Å²) in [6, 6.07) is 6.08. The monoisotopic (exact) mass is 470 g/mol. The van der Waals surface area contributed by atoms with Gasteiger partial charge in [0.2, 0.25) is 23.6 Å². The summed E-state index contributed by atoms with van der Waals surface area (Å²) in [5, 5.41) is 12.5. The van der Waals surface area contributed by atoms with Gasteiger partial charge < -0.3 is 26.0 Å². The summed E-state index contributed by atoms with van der Waals surface area (Å²) < 4.78 is 0. The molecule has 2 saturated heterocycles. The second-order valence-electron chi connectivity index (χ2n) is 8.68. The third kappa shape index (κ3) is 5.62. The summed E-state index contributed by atoms with van der Waals surface area (Å²) in [4.78, 5) is 64.9. The molecule has 0 radical (unpaired) electrons. The number of likely N-dealkylation sites (tertiary alicyclic amines) is 2. The minimum Gasteiger partial charge on any atom is -0.480 e. The molecule has 0 bridgehead atoms. The fourth-order valence-electron chi connectivity index (χ4n) is 4.85. The lowest BCUT2D eigenvalue weighted by molar-refractivity contribution is -0.151. The lowest BCUT2D eigenvalue weighted by atomic mass is 9.96. The van der Waals surface area contributed by atoms with Crippen LogP contribution in [0.3, 0.4) is 0 Å². The maximum atomic E-state index is 13.6. The van der Waals surface area contributed by atoms with E-state index in [1.165, 1.54) is 9.80 Å². The number of aliphatic carboxylic acids is 1. The number of carbonyl (C=O) groups is 5. The molecule has 10 heteroatoms. The molecule has 182 valence electrons. The Morgan fingerprint density at radius 3 is 2.44 bits per heavy atom. The van der Waals surface area contributed by atoms with Crippen molar-refractivity contribution in [3.63, 3.8) is 0 Å². The molecule has 3 rings (SSSR count). The number of carboxylic acids is 1. The first-order valence-electron chi connectivity index (χ1n) is 11.3. The van der Waals surface area contributed by atoms with E-state index < -0.39 is 47.7 Å². The fourth-order valence-corrected chi connectivity index (χ4v) is 4.85. The van der Waals surface area contributed by atoms with Gasteiger partial charge in [-0.2, -0.15) is 0 Å². The normalized spacial score (nSPS) is 22.8. The van der Waals surface area contributed by atoms with Crippen LogP contribution >= 0.6 is 0 Å². The lowest BCUT2D eigenvalue weighted by Crippen LogP contribution is -2.56. The van der Waals surface area contributed by atoms with Crippen molar-refractivity contribution in [2.24, 2.45) is 11.7 Å². The Morgan fingerprint density at radius 1 is 1.12 bits per heavy atom. The molecule has 2 fully saturated rings. The molecule has 34 heavy (non-hydrogen) atoms. The van der Waals surface area contributed by atoms with E-state index >= 15 is 0 Å². The van der Waals surface area contributed by atoms with Crippen LogP contribution in [-0.4, -0.2) is 75.7 Å². The Morgan fingerprint density at radius 2 is 1.82 bits per heavy atom. The number of hydrogen-bond acceptors (Lipinski definition) is 5. The predicted octanol–water partition coefficient (Wildman–Crippen LogP) is 0.0680. The smallest absolute Gasteiger partial charge is 0.326 e. The summed E-state index contributed by atoms with van der Waals surface area (Å²) in [5.74, 6) is -3.82. The average Bonchev–Trinajstić information content (AvgIpc) is 3.45. The predicted molar refractivity (Wildman–Crippen MR) is 122 cm³/mol. The van der Waals surface area contributed by atoms with Crippen LogP contribution in [0, 0.1) is 5.92 Å². The van der Waals surface area contributed by atoms with Crippen molar-refractivity contribution < 1.29 is 29.1 Å². The van der Waals surface area contributed by atoms with E-state index in [0.29, 0.717) is 25.8 Å². The van der Waals surface area contributed by atoms with Crippen LogP contribution in [0.5, 0.6) is 0 Å². The molecule has 2 aliphatic rings. The van der Waals surface area contributed by atoms with Gasteiger partial charge >= 0.3 is 5.97 Å². The molecule has 0 unspecified atom stereocenters. The van der Waals surface area contributed by atoms with Crippen molar-refractivity contribution >= 4 is 29.6 Å². The van der Waals surface area contributed by atoms with E-state index in [4.69, 9.17) is 5.73 Å². The van der Waals surface area contributed by atoms with Gasteiger partial charge in [-0.15, -0.1) is 0 Å². The highest BCUT2D eigenvalue weighted by molar-refractivity contribution is 5.96. The van der Waals surface area contributed by atoms with Crippen LogP contribution < -0.4 is 11.1 Å². The maximum Gasteiger partial charge on any atom is 0.326 e. The van der Waals surface area contributed by atoms with Gasteiger partial charge in [0, 0.05) is 31.8 Å². The first-order valence-corrected chi connectivity index (χ1v) is 11.3. The fraction of sp³-hybridized carbons (Fsp3) is 0.458. The Hall–Kier alpha value is -3.69.